The number of benzene rings is 4. The second-order valence-electron chi connectivity index (χ2n) is 16.8. The average Bonchev–Trinajstić information content (AvgIpc) is 3.98. The van der Waals surface area contributed by atoms with Crippen molar-refractivity contribution in [3.05, 3.63) is 126 Å². The Kier molecular flexibility index (Phi) is 15.0. The molecule has 2 aliphatic rings. The maximum Gasteiger partial charge on any atom is 0.404 e. The molecule has 4 aromatic carbocycles. The van der Waals surface area contributed by atoms with E-state index in [-0.39, 0.29) is 23.6 Å². The fourth-order valence-corrected chi connectivity index (χ4v) is 8.55. The lowest BCUT2D eigenvalue weighted by molar-refractivity contribution is -0.145. The van der Waals surface area contributed by atoms with Gasteiger partial charge in [-0.2, -0.15) is 0 Å². The van der Waals surface area contributed by atoms with Crippen molar-refractivity contribution in [1.82, 2.24) is 20.0 Å². The molecule has 5 amide bonds. The predicted octanol–water partition coefficient (Wildman–Crippen LogP) is 7.52. The molecule has 2 aliphatic heterocycles. The third-order valence-corrected chi connectivity index (χ3v) is 12.5. The van der Waals surface area contributed by atoms with Crippen LogP contribution in [0.1, 0.15) is 83.0 Å². The number of nitrogens with zero attached hydrogens (tertiary/aromatic N) is 4. The van der Waals surface area contributed by atoms with E-state index in [0.717, 1.165) is 41.9 Å². The number of hydrogen-bond acceptors (Lipinski definition) is 7. The summed E-state index contributed by atoms with van der Waals surface area (Å²) in [5.41, 5.74) is 4.29. The van der Waals surface area contributed by atoms with Crippen molar-refractivity contribution in [2.75, 3.05) is 41.7 Å². The molecule has 328 valence electrons. The number of para-hydroxylation sites is 1. The van der Waals surface area contributed by atoms with Crippen LogP contribution in [0.2, 0.25) is 0 Å². The largest absolute Gasteiger partial charge is 0.465 e. The zero-order valence-corrected chi connectivity index (χ0v) is 36.6. The highest BCUT2D eigenvalue weighted by Crippen LogP contribution is 2.31. The Morgan fingerprint density at radius 1 is 0.694 bits per heavy atom. The van der Waals surface area contributed by atoms with E-state index in [1.165, 1.54) is 0 Å². The zero-order chi connectivity index (χ0) is 44.4. The van der Waals surface area contributed by atoms with Crippen LogP contribution < -0.4 is 20.9 Å². The molecule has 13 nitrogen and oxygen atoms in total. The fourth-order valence-electron chi connectivity index (χ4n) is 8.55. The van der Waals surface area contributed by atoms with Gasteiger partial charge in [0.15, 0.2) is 0 Å². The summed E-state index contributed by atoms with van der Waals surface area (Å²) in [7, 11) is 0. The SMILES string of the molecule is CCN(CC)[C@@H](C(=O)N1CCC[C@H]1C(=O)Nc1ccc(CN(Cc2ccc(NC(=O)[C@@H]3CCCN3C(=O)C(C)(C)[C@H](C)NC(=O)O)cc2)c2ccccc2)cc1)c1ccccc1. The Balaban J connectivity index is 1.08. The summed E-state index contributed by atoms with van der Waals surface area (Å²) >= 11 is 0. The van der Waals surface area contributed by atoms with Gasteiger partial charge in [-0.3, -0.25) is 24.1 Å². The number of likely N-dealkylation sites (N-methyl/N-ethyl adjacent to an activating group) is 1. The Bertz CT molecular complexity index is 2150. The van der Waals surface area contributed by atoms with Gasteiger partial charge in [0.2, 0.25) is 23.6 Å². The van der Waals surface area contributed by atoms with E-state index in [1.807, 2.05) is 97.1 Å². The minimum absolute atomic E-state index is 0.0401. The molecule has 4 aromatic rings. The first-order valence-electron chi connectivity index (χ1n) is 21.8. The molecule has 4 atom stereocenters. The summed E-state index contributed by atoms with van der Waals surface area (Å²) in [6.45, 7) is 12.7. The van der Waals surface area contributed by atoms with Crippen molar-refractivity contribution in [3.63, 3.8) is 0 Å². The molecule has 0 radical (unpaired) electrons. The second-order valence-corrected chi connectivity index (χ2v) is 16.8. The van der Waals surface area contributed by atoms with Crippen LogP contribution in [0.15, 0.2) is 109 Å². The highest BCUT2D eigenvalue weighted by atomic mass is 16.4. The quantitative estimate of drug-likeness (QED) is 0.0852. The number of likely N-dealkylation sites (tertiary alicyclic amines) is 2. The number of hydrogen-bond donors (Lipinski definition) is 4. The molecule has 0 aromatic heterocycles. The van der Waals surface area contributed by atoms with Crippen molar-refractivity contribution >= 4 is 46.8 Å². The van der Waals surface area contributed by atoms with Gasteiger partial charge in [0, 0.05) is 49.3 Å². The molecule has 0 aliphatic carbocycles. The third-order valence-electron chi connectivity index (χ3n) is 12.5. The molecule has 2 fully saturated rings. The Morgan fingerprint density at radius 2 is 1.16 bits per heavy atom. The van der Waals surface area contributed by atoms with Crippen LogP contribution in [0.4, 0.5) is 21.9 Å². The van der Waals surface area contributed by atoms with Crippen LogP contribution in [0.3, 0.4) is 0 Å². The molecule has 0 bridgehead atoms. The lowest BCUT2D eigenvalue weighted by Gasteiger charge is -2.36. The molecular formula is C49H61N7O6. The van der Waals surface area contributed by atoms with Crippen molar-refractivity contribution in [2.24, 2.45) is 5.41 Å². The highest BCUT2D eigenvalue weighted by molar-refractivity contribution is 5.99. The van der Waals surface area contributed by atoms with Gasteiger partial charge in [-0.1, -0.05) is 86.6 Å². The molecule has 13 heteroatoms. The Morgan fingerprint density at radius 3 is 1.65 bits per heavy atom. The number of amides is 5. The van der Waals surface area contributed by atoms with Crippen molar-refractivity contribution in [1.29, 1.82) is 0 Å². The van der Waals surface area contributed by atoms with Crippen molar-refractivity contribution < 1.29 is 29.1 Å². The van der Waals surface area contributed by atoms with Crippen LogP contribution >= 0.6 is 0 Å². The number of nitrogens with one attached hydrogen (secondary N) is 3. The van der Waals surface area contributed by atoms with Crippen LogP contribution in [-0.2, 0) is 32.3 Å². The molecule has 62 heavy (non-hydrogen) atoms. The first-order valence-corrected chi connectivity index (χ1v) is 21.8. The van der Waals surface area contributed by atoms with Gasteiger partial charge in [-0.15, -0.1) is 0 Å². The molecule has 0 unspecified atom stereocenters. The molecule has 2 saturated heterocycles. The monoisotopic (exact) mass is 843 g/mol. The lowest BCUT2D eigenvalue weighted by Crippen LogP contribution is -2.54. The molecule has 0 saturated carbocycles. The van der Waals surface area contributed by atoms with Crippen LogP contribution in [0.5, 0.6) is 0 Å². The highest BCUT2D eigenvalue weighted by Gasteiger charge is 2.44. The molecule has 0 spiro atoms. The Hall–Kier alpha value is -6.21. The minimum atomic E-state index is -1.20. The average molecular weight is 844 g/mol. The normalized spacial score (nSPS) is 17.3. The first kappa shape index (κ1) is 45.3. The van der Waals surface area contributed by atoms with Gasteiger partial charge < -0.3 is 35.8 Å². The van der Waals surface area contributed by atoms with Gasteiger partial charge in [0.1, 0.15) is 18.1 Å². The second kappa shape index (κ2) is 20.6. The standard InChI is InChI=1S/C49H61N7O6/c1-6-53(7-2)43(37-16-10-8-11-17-37)46(59)55-30-14-20-41(55)44(57)51-38-26-22-35(23-27-38)32-54(40-18-12-9-13-19-40)33-36-24-28-39(29-25-36)52-45(58)42-21-15-31-56(42)47(60)49(4,5)34(3)50-48(61)62/h8-13,16-19,22-29,34,41-43,50H,6-7,14-15,20-21,30-33H2,1-5H3,(H,51,57)(H,52,58)(H,61,62)/t34-,41-,42-,43+/m0/s1. The smallest absolute Gasteiger partial charge is 0.404 e. The van der Waals surface area contributed by atoms with Crippen LogP contribution in [-0.4, -0.2) is 93.8 Å². The summed E-state index contributed by atoms with van der Waals surface area (Å²) in [6, 6.07) is 33.2. The van der Waals surface area contributed by atoms with Gasteiger partial charge in [0.05, 0.1) is 5.41 Å². The van der Waals surface area contributed by atoms with E-state index in [2.05, 4.69) is 51.7 Å². The summed E-state index contributed by atoms with van der Waals surface area (Å²) < 4.78 is 0. The van der Waals surface area contributed by atoms with E-state index >= 15 is 0 Å². The number of carbonyl (C=O) groups excluding carboxylic acids is 4. The number of anilines is 3. The maximum atomic E-state index is 14.1. The Labute approximate surface area is 365 Å². The van der Waals surface area contributed by atoms with Crippen molar-refractivity contribution in [2.45, 2.75) is 97.6 Å². The van der Waals surface area contributed by atoms with Gasteiger partial charge >= 0.3 is 6.09 Å². The minimum Gasteiger partial charge on any atom is -0.465 e. The van der Waals surface area contributed by atoms with Crippen LogP contribution in [0, 0.1) is 5.41 Å². The summed E-state index contributed by atoms with van der Waals surface area (Å²) in [4.78, 5) is 73.9. The molecular weight excluding hydrogens is 783 g/mol. The topological polar surface area (TPSA) is 155 Å². The van der Waals surface area contributed by atoms with E-state index in [1.54, 1.807) is 30.6 Å². The number of carboxylic acid groups (broad SMARTS) is 1. The van der Waals surface area contributed by atoms with Crippen LogP contribution in [0.25, 0.3) is 0 Å². The summed E-state index contributed by atoms with van der Waals surface area (Å²) in [5.74, 6) is -0.759. The zero-order valence-electron chi connectivity index (χ0n) is 36.6. The third kappa shape index (κ3) is 10.8. The first-order chi connectivity index (χ1) is 29.8. The van der Waals surface area contributed by atoms with Crippen molar-refractivity contribution in [3.8, 4) is 0 Å². The van der Waals surface area contributed by atoms with Gasteiger partial charge in [-0.05, 0) is 113 Å². The van der Waals surface area contributed by atoms with Gasteiger partial charge in [-0.25, -0.2) is 4.79 Å². The lowest BCUT2D eigenvalue weighted by atomic mass is 9.83. The summed E-state index contributed by atoms with van der Waals surface area (Å²) in [6.07, 6.45) is 1.39. The van der Waals surface area contributed by atoms with Gasteiger partial charge in [0.25, 0.3) is 0 Å². The van der Waals surface area contributed by atoms with E-state index < -0.39 is 35.7 Å². The van der Waals surface area contributed by atoms with E-state index in [9.17, 15) is 29.1 Å². The summed E-state index contributed by atoms with van der Waals surface area (Å²) in [5, 5.41) is 17.7. The van der Waals surface area contributed by atoms with E-state index in [4.69, 9.17) is 0 Å². The van der Waals surface area contributed by atoms with E-state index in [0.29, 0.717) is 56.8 Å². The maximum absolute atomic E-state index is 14.1. The predicted molar refractivity (Wildman–Crippen MR) is 242 cm³/mol. The molecule has 4 N–H and O–H groups in total. The number of carbonyl (C=O) groups is 5. The molecule has 6 rings (SSSR count). The molecule has 2 heterocycles. The fraction of sp³-hybridized carbons (Fsp3) is 0.408. The number of rotatable bonds is 17.